The van der Waals surface area contributed by atoms with Gasteiger partial charge in [0.05, 0.1) is 16.1 Å². The normalized spacial score (nSPS) is 11.4. The Kier molecular flexibility index (Phi) is 4.42. The fraction of sp³-hybridized carbons (Fsp3) is 0. The number of amides is 1. The summed E-state index contributed by atoms with van der Waals surface area (Å²) < 4.78 is 1.11. The van der Waals surface area contributed by atoms with Crippen molar-refractivity contribution in [2.75, 3.05) is 5.32 Å². The number of hydrogen-bond acceptors (Lipinski definition) is 3. The summed E-state index contributed by atoms with van der Waals surface area (Å²) in [5.41, 5.74) is 3.56. The molecule has 2 N–H and O–H groups in total. The zero-order chi connectivity index (χ0) is 19.6. The molecule has 1 amide bonds. The van der Waals surface area contributed by atoms with E-state index in [0.29, 0.717) is 4.88 Å². The summed E-state index contributed by atoms with van der Waals surface area (Å²) in [6.45, 7) is 0. The summed E-state index contributed by atoms with van der Waals surface area (Å²) in [7, 11) is 0. The molecule has 2 heterocycles. The van der Waals surface area contributed by atoms with Gasteiger partial charge in [0.1, 0.15) is 0 Å². The first-order chi connectivity index (χ1) is 14.3. The smallest absolute Gasteiger partial charge is 0.265 e. The molecule has 0 radical (unpaired) electrons. The average molecular weight is 395 g/mol. The molecule has 2 aromatic heterocycles. The molecule has 5 aromatic rings. The van der Waals surface area contributed by atoms with Gasteiger partial charge in [-0.05, 0) is 41.3 Å². The van der Waals surface area contributed by atoms with Gasteiger partial charge in [-0.1, -0.05) is 60.7 Å². The Balaban J connectivity index is 1.42. The highest BCUT2D eigenvalue weighted by atomic mass is 32.1. The number of carbonyl (C=O) groups excluding carboxylic acids is 1. The van der Waals surface area contributed by atoms with Crippen molar-refractivity contribution < 1.29 is 4.79 Å². The molecule has 0 aliphatic heterocycles. The number of benzene rings is 3. The number of anilines is 1. The number of aromatic nitrogens is 2. The Morgan fingerprint density at radius 1 is 0.931 bits per heavy atom. The number of H-pyrrole nitrogens is 1. The van der Waals surface area contributed by atoms with Crippen LogP contribution in [-0.4, -0.2) is 16.1 Å². The van der Waals surface area contributed by atoms with Crippen molar-refractivity contribution in [1.29, 1.82) is 0 Å². The number of aromatic amines is 1. The summed E-state index contributed by atoms with van der Waals surface area (Å²) in [6.07, 6.45) is 3.94. The molecular formula is C24H17N3OS. The molecule has 0 aliphatic rings. The molecule has 0 spiro atoms. The van der Waals surface area contributed by atoms with E-state index in [0.717, 1.165) is 37.9 Å². The monoisotopic (exact) mass is 395 g/mol. The zero-order valence-electron chi connectivity index (χ0n) is 15.4. The fourth-order valence-corrected chi connectivity index (χ4v) is 4.27. The first-order valence-electron chi connectivity index (χ1n) is 9.28. The number of rotatable bonds is 4. The van der Waals surface area contributed by atoms with Crippen molar-refractivity contribution in [2.45, 2.75) is 0 Å². The van der Waals surface area contributed by atoms with Crippen LogP contribution in [0.2, 0.25) is 0 Å². The van der Waals surface area contributed by atoms with Gasteiger partial charge in [-0.2, -0.15) is 5.10 Å². The van der Waals surface area contributed by atoms with E-state index in [4.69, 9.17) is 0 Å². The van der Waals surface area contributed by atoms with Crippen LogP contribution in [0.3, 0.4) is 0 Å². The molecule has 3 aromatic carbocycles. The predicted molar refractivity (Wildman–Crippen MR) is 121 cm³/mol. The third-order valence-corrected chi connectivity index (χ3v) is 5.89. The number of fused-ring (bicyclic) bond motifs is 2. The zero-order valence-corrected chi connectivity index (χ0v) is 16.2. The highest BCUT2D eigenvalue weighted by molar-refractivity contribution is 7.20. The van der Waals surface area contributed by atoms with E-state index >= 15 is 0 Å². The molecule has 0 unspecified atom stereocenters. The molecule has 0 saturated carbocycles. The molecule has 5 rings (SSSR count). The molecule has 140 valence electrons. The van der Waals surface area contributed by atoms with Crippen LogP contribution in [0.15, 0.2) is 78.9 Å². The van der Waals surface area contributed by atoms with Gasteiger partial charge in [0.25, 0.3) is 5.91 Å². The van der Waals surface area contributed by atoms with E-state index in [-0.39, 0.29) is 5.91 Å². The van der Waals surface area contributed by atoms with E-state index in [2.05, 4.69) is 15.5 Å². The van der Waals surface area contributed by atoms with Crippen LogP contribution >= 0.6 is 11.3 Å². The number of para-hydroxylation sites is 2. The number of carbonyl (C=O) groups is 1. The quantitative estimate of drug-likeness (QED) is 0.381. The van der Waals surface area contributed by atoms with Crippen LogP contribution in [0.1, 0.15) is 20.9 Å². The van der Waals surface area contributed by atoms with Gasteiger partial charge in [0, 0.05) is 15.8 Å². The summed E-state index contributed by atoms with van der Waals surface area (Å²) in [5, 5.41) is 12.6. The minimum Gasteiger partial charge on any atom is -0.321 e. The van der Waals surface area contributed by atoms with Gasteiger partial charge >= 0.3 is 0 Å². The maximum Gasteiger partial charge on any atom is 0.265 e. The van der Waals surface area contributed by atoms with Crippen molar-refractivity contribution in [1.82, 2.24) is 10.2 Å². The minimum atomic E-state index is -0.0998. The van der Waals surface area contributed by atoms with Crippen LogP contribution in [0, 0.1) is 0 Å². The molecule has 0 saturated heterocycles. The van der Waals surface area contributed by atoms with Crippen LogP contribution in [-0.2, 0) is 0 Å². The van der Waals surface area contributed by atoms with E-state index in [1.54, 1.807) is 0 Å². The largest absolute Gasteiger partial charge is 0.321 e. The number of hydrogen-bond donors (Lipinski definition) is 2. The van der Waals surface area contributed by atoms with Crippen molar-refractivity contribution >= 4 is 56.1 Å². The van der Waals surface area contributed by atoms with Gasteiger partial charge in [-0.3, -0.25) is 9.89 Å². The average Bonchev–Trinajstić information content (AvgIpc) is 3.37. The van der Waals surface area contributed by atoms with Crippen LogP contribution < -0.4 is 5.32 Å². The third-order valence-electron chi connectivity index (χ3n) is 4.78. The molecule has 0 fully saturated rings. The second-order valence-corrected chi connectivity index (χ2v) is 7.76. The number of nitrogens with zero attached hydrogens (tertiary/aromatic N) is 1. The molecular weight excluding hydrogens is 378 g/mol. The van der Waals surface area contributed by atoms with Crippen molar-refractivity contribution in [3.8, 4) is 0 Å². The first-order valence-corrected chi connectivity index (χ1v) is 10.1. The van der Waals surface area contributed by atoms with Gasteiger partial charge < -0.3 is 5.32 Å². The Morgan fingerprint density at radius 3 is 2.66 bits per heavy atom. The van der Waals surface area contributed by atoms with E-state index in [9.17, 15) is 4.79 Å². The summed E-state index contributed by atoms with van der Waals surface area (Å²) >= 11 is 1.50. The Hall–Kier alpha value is -3.70. The second-order valence-electron chi connectivity index (χ2n) is 6.68. The van der Waals surface area contributed by atoms with Gasteiger partial charge in [0.15, 0.2) is 0 Å². The second kappa shape index (κ2) is 7.37. The van der Waals surface area contributed by atoms with Gasteiger partial charge in [-0.25, -0.2) is 0 Å². The standard InChI is InChI=1S/C24H17N3OS/c28-24(23-15-17-8-2-6-12-22(17)29-23)25-19-10-4-1-7-16(19)13-14-21-18-9-3-5-11-20(18)26-27-21/h1-15H,(H,25,28)(H,26,27). The van der Waals surface area contributed by atoms with Crippen LogP contribution in [0.25, 0.3) is 33.1 Å². The lowest BCUT2D eigenvalue weighted by Crippen LogP contribution is -2.10. The highest BCUT2D eigenvalue weighted by Gasteiger charge is 2.12. The molecule has 0 aliphatic carbocycles. The lowest BCUT2D eigenvalue weighted by molar-refractivity contribution is 0.103. The van der Waals surface area contributed by atoms with Crippen LogP contribution in [0.4, 0.5) is 5.69 Å². The van der Waals surface area contributed by atoms with Crippen molar-refractivity contribution in [2.24, 2.45) is 0 Å². The number of nitrogens with one attached hydrogen (secondary N) is 2. The lowest BCUT2D eigenvalue weighted by Gasteiger charge is -2.07. The maximum absolute atomic E-state index is 12.8. The maximum atomic E-state index is 12.8. The van der Waals surface area contributed by atoms with Gasteiger partial charge in [-0.15, -0.1) is 11.3 Å². The fourth-order valence-electron chi connectivity index (χ4n) is 3.31. The molecule has 4 nitrogen and oxygen atoms in total. The molecule has 0 atom stereocenters. The molecule has 5 heteroatoms. The third kappa shape index (κ3) is 3.44. The van der Waals surface area contributed by atoms with Crippen molar-refractivity contribution in [3.05, 3.63) is 95.0 Å². The Bertz CT molecular complexity index is 1330. The molecule has 0 bridgehead atoms. The van der Waals surface area contributed by atoms with E-state index in [1.807, 2.05) is 91.0 Å². The van der Waals surface area contributed by atoms with E-state index < -0.39 is 0 Å². The molecule has 29 heavy (non-hydrogen) atoms. The topological polar surface area (TPSA) is 57.8 Å². The summed E-state index contributed by atoms with van der Waals surface area (Å²) in [6, 6.07) is 25.7. The highest BCUT2D eigenvalue weighted by Crippen LogP contribution is 2.27. The van der Waals surface area contributed by atoms with Gasteiger partial charge in [0.2, 0.25) is 0 Å². The predicted octanol–water partition coefficient (Wildman–Crippen LogP) is 6.20. The minimum absolute atomic E-state index is 0.0998. The lowest BCUT2D eigenvalue weighted by atomic mass is 10.1. The van der Waals surface area contributed by atoms with Crippen LogP contribution in [0.5, 0.6) is 0 Å². The first kappa shape index (κ1) is 17.4. The Morgan fingerprint density at radius 2 is 1.72 bits per heavy atom. The Labute approximate surface area is 171 Å². The SMILES string of the molecule is O=C(Nc1ccccc1C=Cc1n[nH]c2ccccc12)c1cc2ccccc2s1. The summed E-state index contributed by atoms with van der Waals surface area (Å²) in [5.74, 6) is -0.0998. The van der Waals surface area contributed by atoms with Crippen molar-refractivity contribution in [3.63, 3.8) is 0 Å². The van der Waals surface area contributed by atoms with E-state index in [1.165, 1.54) is 11.3 Å². The summed E-state index contributed by atoms with van der Waals surface area (Å²) in [4.78, 5) is 13.5. The number of thiophene rings is 1.